The van der Waals surface area contributed by atoms with Crippen LogP contribution >= 0.6 is 0 Å². The lowest BCUT2D eigenvalue weighted by Crippen LogP contribution is -2.81. The highest BCUT2D eigenvalue weighted by molar-refractivity contribution is 7.20. The lowest BCUT2D eigenvalue weighted by molar-refractivity contribution is -0.686. The van der Waals surface area contributed by atoms with E-state index in [0.29, 0.717) is 5.56 Å². The van der Waals surface area contributed by atoms with Gasteiger partial charge in [-0.3, -0.25) is 9.78 Å². The Hall–Kier alpha value is -7.02. The molecule has 0 aliphatic rings. The zero-order valence-electron chi connectivity index (χ0n) is 32.2. The van der Waals surface area contributed by atoms with Gasteiger partial charge in [0.1, 0.15) is 58.9 Å². The van der Waals surface area contributed by atoms with E-state index in [1.807, 2.05) is 6.07 Å². The summed E-state index contributed by atoms with van der Waals surface area (Å²) in [5.74, 6) is -72.0. The Balaban J connectivity index is 0.000000324. The molecule has 5 nitrogen and oxygen atoms in total. The lowest BCUT2D eigenvalue weighted by Gasteiger charge is -2.44. The Bertz CT molecular complexity index is 2570. The number of Topliss-reactive ketones (excluding diaryl/α,β-unsaturated/α-hetero) is 1. The number of ether oxygens (including phenoxy) is 1. The van der Waals surface area contributed by atoms with Crippen molar-refractivity contribution >= 4 is 39.7 Å². The molecule has 26 heteroatoms. The third kappa shape index (κ3) is 8.16. The van der Waals surface area contributed by atoms with E-state index in [9.17, 15) is 62.3 Å². The number of hydrogen-bond donors (Lipinski definition) is 0. The van der Waals surface area contributed by atoms with E-state index in [1.165, 1.54) is 12.4 Å². The number of aromatic nitrogens is 2. The predicted molar refractivity (Wildman–Crippen MR) is 185 cm³/mol. The minimum Gasteiger partial charge on any atom is -0.455 e. The van der Waals surface area contributed by atoms with Crippen molar-refractivity contribution in [3.63, 3.8) is 0 Å². The number of esters is 1. The van der Waals surface area contributed by atoms with E-state index in [-0.39, 0.29) is 24.1 Å². The second-order valence-electron chi connectivity index (χ2n) is 13.6. The zero-order valence-corrected chi connectivity index (χ0v) is 32.2. The minimum absolute atomic E-state index is 0.0645. The summed E-state index contributed by atoms with van der Waals surface area (Å²) in [5, 5.41) is 0. The van der Waals surface area contributed by atoms with Gasteiger partial charge in [0.2, 0.25) is 12.3 Å². The molecule has 0 fully saturated rings. The van der Waals surface area contributed by atoms with Crippen LogP contribution in [-0.4, -0.2) is 29.0 Å². The summed E-state index contributed by atoms with van der Waals surface area (Å²) < 4.78 is 301. The molecule has 6 aromatic rings. The Morgan fingerprint density at radius 3 is 1.06 bits per heavy atom. The first kappa shape index (κ1) is 50.0. The molecule has 0 unspecified atom stereocenters. The number of hydrogen-bond acceptors (Lipinski definition) is 4. The van der Waals surface area contributed by atoms with Crippen LogP contribution in [0.25, 0.3) is 0 Å². The summed E-state index contributed by atoms with van der Waals surface area (Å²) in [6.07, 6.45) is -2.91. The van der Waals surface area contributed by atoms with Gasteiger partial charge in [-0.1, -0.05) is 30.3 Å². The van der Waals surface area contributed by atoms with Gasteiger partial charge in [0.25, 0.3) is 0 Å². The molecule has 348 valence electrons. The van der Waals surface area contributed by atoms with Crippen LogP contribution in [0, 0.1) is 116 Å². The van der Waals surface area contributed by atoms with E-state index < -0.39 is 150 Å². The smallest absolute Gasteiger partial charge is 0.405 e. The fraction of sp³-hybridized carbons (Fsp3) is 0.100. The molecule has 0 bridgehead atoms. The third-order valence-corrected chi connectivity index (χ3v) is 9.51. The monoisotopic (exact) mass is 964 g/mol. The average molecular weight is 964 g/mol. The van der Waals surface area contributed by atoms with E-state index in [1.54, 1.807) is 48.9 Å². The number of benzene rings is 5. The highest BCUT2D eigenvalue weighted by atomic mass is 19.2. The van der Waals surface area contributed by atoms with Crippen LogP contribution in [0.3, 0.4) is 0 Å². The summed E-state index contributed by atoms with van der Waals surface area (Å²) in [7, 11) is 0. The molecule has 0 spiro atoms. The first-order valence-corrected chi connectivity index (χ1v) is 17.6. The second-order valence-corrected chi connectivity index (χ2v) is 13.6. The Morgan fingerprint density at radius 2 is 0.773 bits per heavy atom. The summed E-state index contributed by atoms with van der Waals surface area (Å²) in [6.45, 7) is 3.61. The maximum Gasteiger partial charge on any atom is 0.405 e. The molecule has 0 atom stereocenters. The van der Waals surface area contributed by atoms with E-state index >= 15 is 35.1 Å². The fourth-order valence-electron chi connectivity index (χ4n) is 6.71. The van der Waals surface area contributed by atoms with Crippen molar-refractivity contribution < 1.29 is 107 Å². The van der Waals surface area contributed by atoms with Gasteiger partial charge in [-0.25, -0.2) is 92.6 Å². The van der Waals surface area contributed by atoms with Gasteiger partial charge in [-0.2, -0.15) is 4.57 Å². The van der Waals surface area contributed by atoms with Crippen molar-refractivity contribution in [1.82, 2.24) is 4.98 Å². The van der Waals surface area contributed by atoms with Crippen LogP contribution in [0.4, 0.5) is 87.8 Å². The van der Waals surface area contributed by atoms with Gasteiger partial charge in [0.05, 0.1) is 12.3 Å². The first-order chi connectivity index (χ1) is 30.8. The summed E-state index contributed by atoms with van der Waals surface area (Å²) in [4.78, 5) is 28.1. The highest BCUT2D eigenvalue weighted by Gasteiger charge is 2.52. The molecule has 0 radical (unpaired) electrons. The van der Waals surface area contributed by atoms with Gasteiger partial charge < -0.3 is 4.74 Å². The predicted octanol–water partition coefficient (Wildman–Crippen LogP) is 7.66. The molecule has 1 aromatic heterocycles. The number of ketones is 1. The fourth-order valence-corrected chi connectivity index (χ4v) is 6.71. The van der Waals surface area contributed by atoms with Crippen LogP contribution < -0.4 is 26.4 Å². The SMILES string of the molecule is CC(C)OC(=O)c1cncc[n+]1CC(=O)c1ccccc1.Fc1c(F)c(F)c([B-](c2c(F)c(F)c(F)c(F)c2F)(c2c(F)c(F)c(F)c(F)c2F)c2c(F)c(F)c(F)c(F)c2F)c(F)c1F. The molecule has 0 saturated carbocycles. The first-order valence-electron chi connectivity index (χ1n) is 17.6. The molecule has 0 saturated heterocycles. The molecule has 0 amide bonds. The summed E-state index contributed by atoms with van der Waals surface area (Å²) in [5.41, 5.74) is -13.5. The van der Waals surface area contributed by atoms with Gasteiger partial charge in [-0.15, -0.1) is 21.9 Å². The van der Waals surface area contributed by atoms with Crippen LogP contribution in [-0.2, 0) is 11.3 Å². The zero-order chi connectivity index (χ0) is 49.6. The van der Waals surface area contributed by atoms with E-state index in [2.05, 4.69) is 4.98 Å². The van der Waals surface area contributed by atoms with Crippen molar-refractivity contribution in [1.29, 1.82) is 0 Å². The Labute approximate surface area is 354 Å². The standard InChI is InChI=1S/C24BF20.C16H17N2O3/c26-5-1(6(27)14(35)21(42)13(5)34)25(2-7(28)15(36)22(43)16(37)8(2)29,3-9(30)17(38)23(44)18(39)10(3)31)4-11(32)19(40)24(45)20(41)12(4)33;1-12(2)21-16(20)14-10-17-8-9-18(14)11-15(19)13-6-4-3-5-7-13/h;3-10,12H,11H2,1-2H3/q-1;+1. The van der Waals surface area contributed by atoms with Crippen molar-refractivity contribution in [2.75, 3.05) is 0 Å². The van der Waals surface area contributed by atoms with Crippen LogP contribution in [0.2, 0.25) is 0 Å². The third-order valence-electron chi connectivity index (χ3n) is 9.51. The molecular weight excluding hydrogens is 947 g/mol. The maximum absolute atomic E-state index is 15.4. The van der Waals surface area contributed by atoms with Crippen molar-refractivity contribution in [3.8, 4) is 0 Å². The van der Waals surface area contributed by atoms with Crippen molar-refractivity contribution in [3.05, 3.63) is 177 Å². The number of halogens is 20. The number of nitrogens with zero attached hydrogens (tertiary/aromatic N) is 2. The molecule has 5 aromatic carbocycles. The Morgan fingerprint density at radius 1 is 0.485 bits per heavy atom. The van der Waals surface area contributed by atoms with Crippen molar-refractivity contribution in [2.24, 2.45) is 0 Å². The van der Waals surface area contributed by atoms with E-state index in [4.69, 9.17) is 4.74 Å². The van der Waals surface area contributed by atoms with Crippen LogP contribution in [0.5, 0.6) is 0 Å². The largest absolute Gasteiger partial charge is 0.455 e. The topological polar surface area (TPSA) is 60.1 Å². The van der Waals surface area contributed by atoms with Gasteiger partial charge in [0, 0.05) is 5.56 Å². The molecule has 0 N–H and O–H groups in total. The average Bonchev–Trinajstić information content (AvgIpc) is 3.29. The molecule has 66 heavy (non-hydrogen) atoms. The number of carbonyl (C=O) groups is 2. The molecule has 0 aliphatic carbocycles. The molecular formula is C40H17BF20N2O3. The van der Waals surface area contributed by atoms with Crippen LogP contribution in [0.1, 0.15) is 34.7 Å². The van der Waals surface area contributed by atoms with Crippen LogP contribution in [0.15, 0.2) is 48.9 Å². The number of carbonyl (C=O) groups excluding carboxylic acids is 2. The van der Waals surface area contributed by atoms with Gasteiger partial charge >= 0.3 is 11.7 Å². The summed E-state index contributed by atoms with van der Waals surface area (Å²) >= 11 is 0. The quantitative estimate of drug-likeness (QED) is 0.0284. The van der Waals surface area contributed by atoms with Gasteiger partial charge in [0.15, 0.2) is 76.0 Å². The minimum atomic E-state index is -7.22. The number of rotatable bonds is 9. The van der Waals surface area contributed by atoms with Crippen molar-refractivity contribution in [2.45, 2.75) is 26.5 Å². The van der Waals surface area contributed by atoms with Gasteiger partial charge in [-0.05, 0) is 13.8 Å². The summed E-state index contributed by atoms with van der Waals surface area (Å²) in [6, 6.07) is 8.95. The molecule has 6 rings (SSSR count). The molecule has 0 aliphatic heterocycles. The lowest BCUT2D eigenvalue weighted by atomic mass is 9.12. The Kier molecular flexibility index (Phi) is 14.3. The van der Waals surface area contributed by atoms with E-state index in [0.717, 1.165) is 0 Å². The molecule has 1 heterocycles. The highest BCUT2D eigenvalue weighted by Crippen LogP contribution is 2.30. The maximum atomic E-state index is 15.4. The second kappa shape index (κ2) is 18.8. The normalized spacial score (nSPS) is 11.5.